The summed E-state index contributed by atoms with van der Waals surface area (Å²) in [6.07, 6.45) is 0. The van der Waals surface area contributed by atoms with E-state index in [0.717, 1.165) is 11.3 Å². The van der Waals surface area contributed by atoms with Crippen LogP contribution in [0, 0.1) is 0 Å². The van der Waals surface area contributed by atoms with Crippen LogP contribution in [0.4, 0.5) is 5.69 Å². The molecule has 5 nitrogen and oxygen atoms in total. The van der Waals surface area contributed by atoms with Gasteiger partial charge in [0.1, 0.15) is 0 Å². The molecule has 2 aromatic carbocycles. The monoisotopic (exact) mass is 283 g/mol. The topological polar surface area (TPSA) is 84.2 Å². The molecule has 0 bridgehead atoms. The number of anilines is 1. The molecule has 0 radical (unpaired) electrons. The SMILES string of the molecule is CNCc1ccccc1NC(=O)c1cccc(C(N)=O)c1. The Balaban J connectivity index is 2.22. The highest BCUT2D eigenvalue weighted by molar-refractivity contribution is 6.06. The zero-order chi connectivity index (χ0) is 15.2. The van der Waals surface area contributed by atoms with Crippen molar-refractivity contribution in [2.75, 3.05) is 12.4 Å². The van der Waals surface area contributed by atoms with E-state index in [4.69, 9.17) is 5.73 Å². The zero-order valence-electron chi connectivity index (χ0n) is 11.7. The molecular weight excluding hydrogens is 266 g/mol. The molecule has 2 amide bonds. The molecule has 0 atom stereocenters. The van der Waals surface area contributed by atoms with Gasteiger partial charge in [-0.1, -0.05) is 24.3 Å². The van der Waals surface area contributed by atoms with E-state index in [-0.39, 0.29) is 5.91 Å². The van der Waals surface area contributed by atoms with Gasteiger partial charge < -0.3 is 16.4 Å². The summed E-state index contributed by atoms with van der Waals surface area (Å²) in [7, 11) is 1.84. The first kappa shape index (κ1) is 14.7. The van der Waals surface area contributed by atoms with Crippen molar-refractivity contribution in [3.8, 4) is 0 Å². The number of hydrogen-bond acceptors (Lipinski definition) is 3. The van der Waals surface area contributed by atoms with Gasteiger partial charge in [-0.05, 0) is 36.9 Å². The van der Waals surface area contributed by atoms with Gasteiger partial charge in [0.25, 0.3) is 5.91 Å². The highest BCUT2D eigenvalue weighted by atomic mass is 16.2. The Hall–Kier alpha value is -2.66. The maximum absolute atomic E-state index is 12.3. The van der Waals surface area contributed by atoms with Crippen molar-refractivity contribution in [2.24, 2.45) is 5.73 Å². The Kier molecular flexibility index (Phi) is 4.68. The van der Waals surface area contributed by atoms with E-state index in [0.29, 0.717) is 17.7 Å². The molecule has 0 spiro atoms. The summed E-state index contributed by atoms with van der Waals surface area (Å²) in [6, 6.07) is 13.9. The highest BCUT2D eigenvalue weighted by Gasteiger charge is 2.10. The lowest BCUT2D eigenvalue weighted by Gasteiger charge is -2.11. The average molecular weight is 283 g/mol. The smallest absolute Gasteiger partial charge is 0.255 e. The molecule has 0 heterocycles. The quantitative estimate of drug-likeness (QED) is 0.781. The number of carbonyl (C=O) groups is 2. The minimum Gasteiger partial charge on any atom is -0.366 e. The molecule has 0 unspecified atom stereocenters. The largest absolute Gasteiger partial charge is 0.366 e. The molecule has 108 valence electrons. The number of primary amides is 1. The maximum atomic E-state index is 12.3. The maximum Gasteiger partial charge on any atom is 0.255 e. The predicted octanol–water partition coefficient (Wildman–Crippen LogP) is 1.76. The summed E-state index contributed by atoms with van der Waals surface area (Å²) in [5.74, 6) is -0.832. The fraction of sp³-hybridized carbons (Fsp3) is 0.125. The predicted molar refractivity (Wildman–Crippen MR) is 82.1 cm³/mol. The molecule has 5 heteroatoms. The van der Waals surface area contributed by atoms with Crippen molar-refractivity contribution in [3.05, 3.63) is 65.2 Å². The van der Waals surface area contributed by atoms with E-state index >= 15 is 0 Å². The van der Waals surface area contributed by atoms with Gasteiger partial charge in [-0.2, -0.15) is 0 Å². The molecule has 0 saturated heterocycles. The molecule has 2 rings (SSSR count). The zero-order valence-corrected chi connectivity index (χ0v) is 11.7. The van der Waals surface area contributed by atoms with Crippen molar-refractivity contribution < 1.29 is 9.59 Å². The molecule has 2 aromatic rings. The molecule has 0 aliphatic heterocycles. The first-order chi connectivity index (χ1) is 10.1. The number of nitrogens with one attached hydrogen (secondary N) is 2. The van der Waals surface area contributed by atoms with Crippen LogP contribution >= 0.6 is 0 Å². The van der Waals surface area contributed by atoms with E-state index < -0.39 is 5.91 Å². The standard InChI is InChI=1S/C16H17N3O2/c1-18-10-13-5-2-3-8-14(13)19-16(21)12-7-4-6-11(9-12)15(17)20/h2-9,18H,10H2,1H3,(H2,17,20)(H,19,21). The Morgan fingerprint density at radius 3 is 2.48 bits per heavy atom. The molecule has 4 N–H and O–H groups in total. The number of amides is 2. The first-order valence-corrected chi connectivity index (χ1v) is 6.55. The summed E-state index contributed by atoms with van der Waals surface area (Å²) < 4.78 is 0. The fourth-order valence-electron chi connectivity index (χ4n) is 2.00. The van der Waals surface area contributed by atoms with Crippen LogP contribution in [-0.4, -0.2) is 18.9 Å². The van der Waals surface area contributed by atoms with E-state index in [9.17, 15) is 9.59 Å². The second kappa shape index (κ2) is 6.67. The lowest BCUT2D eigenvalue weighted by atomic mass is 10.1. The van der Waals surface area contributed by atoms with Gasteiger partial charge in [0.15, 0.2) is 0 Å². The van der Waals surface area contributed by atoms with Crippen LogP contribution < -0.4 is 16.4 Å². The van der Waals surface area contributed by atoms with Gasteiger partial charge in [-0.3, -0.25) is 9.59 Å². The summed E-state index contributed by atoms with van der Waals surface area (Å²) in [5.41, 5.74) is 7.65. The van der Waals surface area contributed by atoms with Crippen LogP contribution in [0.2, 0.25) is 0 Å². The van der Waals surface area contributed by atoms with Crippen LogP contribution in [-0.2, 0) is 6.54 Å². The van der Waals surface area contributed by atoms with Gasteiger partial charge in [-0.25, -0.2) is 0 Å². The van der Waals surface area contributed by atoms with Crippen molar-refractivity contribution in [3.63, 3.8) is 0 Å². The first-order valence-electron chi connectivity index (χ1n) is 6.55. The van der Waals surface area contributed by atoms with Crippen LogP contribution in [0.3, 0.4) is 0 Å². The second-order valence-electron chi connectivity index (χ2n) is 4.59. The van der Waals surface area contributed by atoms with Crippen molar-refractivity contribution in [1.29, 1.82) is 0 Å². The third-order valence-corrected chi connectivity index (χ3v) is 3.04. The minimum atomic E-state index is -0.555. The van der Waals surface area contributed by atoms with E-state index in [1.165, 1.54) is 6.07 Å². The number of hydrogen-bond donors (Lipinski definition) is 3. The third kappa shape index (κ3) is 3.67. The van der Waals surface area contributed by atoms with Gasteiger partial charge in [-0.15, -0.1) is 0 Å². The Morgan fingerprint density at radius 2 is 1.76 bits per heavy atom. The second-order valence-corrected chi connectivity index (χ2v) is 4.59. The number of carbonyl (C=O) groups excluding carboxylic acids is 2. The van der Waals surface area contributed by atoms with Gasteiger partial charge >= 0.3 is 0 Å². The molecule has 21 heavy (non-hydrogen) atoms. The summed E-state index contributed by atoms with van der Waals surface area (Å²) in [4.78, 5) is 23.4. The molecular formula is C16H17N3O2. The lowest BCUT2D eigenvalue weighted by Crippen LogP contribution is -2.17. The number of benzene rings is 2. The molecule has 0 aliphatic rings. The third-order valence-electron chi connectivity index (χ3n) is 3.04. The fourth-order valence-corrected chi connectivity index (χ4v) is 2.00. The van der Waals surface area contributed by atoms with E-state index in [2.05, 4.69) is 10.6 Å². The Labute approximate surface area is 123 Å². The molecule has 0 aliphatic carbocycles. The molecule has 0 fully saturated rings. The number of nitrogens with two attached hydrogens (primary N) is 1. The van der Waals surface area contributed by atoms with E-state index in [1.54, 1.807) is 18.2 Å². The summed E-state index contributed by atoms with van der Waals surface area (Å²) in [5, 5.41) is 5.90. The summed E-state index contributed by atoms with van der Waals surface area (Å²) in [6.45, 7) is 0.651. The van der Waals surface area contributed by atoms with Crippen LogP contribution in [0.15, 0.2) is 48.5 Å². The average Bonchev–Trinajstić information content (AvgIpc) is 2.49. The normalized spacial score (nSPS) is 10.1. The minimum absolute atomic E-state index is 0.276. The van der Waals surface area contributed by atoms with Gasteiger partial charge in [0, 0.05) is 23.4 Å². The van der Waals surface area contributed by atoms with Crippen LogP contribution in [0.25, 0.3) is 0 Å². The van der Waals surface area contributed by atoms with Crippen LogP contribution in [0.5, 0.6) is 0 Å². The van der Waals surface area contributed by atoms with Crippen molar-refractivity contribution in [2.45, 2.75) is 6.54 Å². The van der Waals surface area contributed by atoms with Gasteiger partial charge in [0.2, 0.25) is 5.91 Å². The number of para-hydroxylation sites is 1. The Morgan fingerprint density at radius 1 is 1.05 bits per heavy atom. The van der Waals surface area contributed by atoms with Crippen LogP contribution in [0.1, 0.15) is 26.3 Å². The highest BCUT2D eigenvalue weighted by Crippen LogP contribution is 2.16. The number of rotatable bonds is 5. The lowest BCUT2D eigenvalue weighted by molar-refractivity contribution is 0.1000. The Bertz CT molecular complexity index is 668. The van der Waals surface area contributed by atoms with Crippen molar-refractivity contribution in [1.82, 2.24) is 5.32 Å². The van der Waals surface area contributed by atoms with E-state index in [1.807, 2.05) is 31.3 Å². The van der Waals surface area contributed by atoms with Crippen molar-refractivity contribution >= 4 is 17.5 Å². The molecule has 0 aromatic heterocycles. The van der Waals surface area contributed by atoms with Gasteiger partial charge in [0.05, 0.1) is 0 Å². The molecule has 0 saturated carbocycles. The summed E-state index contributed by atoms with van der Waals surface area (Å²) >= 11 is 0.